The maximum Gasteiger partial charge on any atom is 0.0815 e. The van der Waals surface area contributed by atoms with Crippen molar-refractivity contribution in [3.05, 3.63) is 176 Å². The number of aryl methyl sites for hydroxylation is 6. The van der Waals surface area contributed by atoms with Crippen molar-refractivity contribution in [3.63, 3.8) is 0 Å². The second kappa shape index (κ2) is 14.8. The van der Waals surface area contributed by atoms with Crippen molar-refractivity contribution < 1.29 is 0 Å². The molecule has 0 atom stereocenters. The van der Waals surface area contributed by atoms with Gasteiger partial charge in [0.05, 0.1) is 44.9 Å². The summed E-state index contributed by atoms with van der Waals surface area (Å²) >= 11 is 0. The molecule has 5 aromatic heterocycles. The monoisotopic (exact) mass is 748 g/mol. The summed E-state index contributed by atoms with van der Waals surface area (Å²) in [6.45, 7) is 13.0. The fourth-order valence-corrected chi connectivity index (χ4v) is 8.28. The molecule has 278 valence electrons. The molecule has 7 aromatic rings. The molecule has 58 heavy (non-hydrogen) atoms. The van der Waals surface area contributed by atoms with E-state index >= 15 is 0 Å². The van der Waals surface area contributed by atoms with E-state index in [1.807, 2.05) is 24.3 Å². The van der Waals surface area contributed by atoms with E-state index in [1.165, 1.54) is 33.4 Å². The van der Waals surface area contributed by atoms with Crippen LogP contribution in [0.25, 0.3) is 68.6 Å². The molecule has 2 aromatic carbocycles. The quantitative estimate of drug-likeness (QED) is 0.172. The van der Waals surface area contributed by atoms with Gasteiger partial charge >= 0.3 is 0 Å². The molecule has 6 nitrogen and oxygen atoms in total. The van der Waals surface area contributed by atoms with E-state index in [2.05, 4.69) is 158 Å². The number of rotatable bonds is 2. The molecule has 9 rings (SSSR count). The molecule has 2 N–H and O–H groups in total. The van der Waals surface area contributed by atoms with Crippen molar-refractivity contribution in [1.82, 2.24) is 29.9 Å². The number of aromatic amines is 2. The van der Waals surface area contributed by atoms with Crippen molar-refractivity contribution in [3.8, 4) is 45.9 Å². The molecule has 0 saturated carbocycles. The molecule has 0 amide bonds. The zero-order valence-corrected chi connectivity index (χ0v) is 33.3. The SMILES string of the molecule is Cc1cc(C)c(-c2c3nc(c(C#Cc4ccncc4)c4ccc([nH]4)c(-c4c(C)cc(C)cc4C)c4nc(c(C#Cc5ccncc5)c5ccc2[nH]5)C=C4)C=C3)c(C)c1. The molecular formula is C52H40N6. The number of nitrogens with zero attached hydrogens (tertiary/aromatic N) is 4. The second-order valence-corrected chi connectivity index (χ2v) is 15.0. The van der Waals surface area contributed by atoms with Crippen molar-refractivity contribution in [1.29, 1.82) is 0 Å². The van der Waals surface area contributed by atoms with E-state index < -0.39 is 0 Å². The maximum atomic E-state index is 5.40. The van der Waals surface area contributed by atoms with Crippen LogP contribution in [0.4, 0.5) is 0 Å². The molecule has 8 bridgehead atoms. The van der Waals surface area contributed by atoms with Crippen molar-refractivity contribution >= 4 is 46.4 Å². The topological polar surface area (TPSA) is 83.1 Å². The van der Waals surface area contributed by atoms with E-state index in [-0.39, 0.29) is 0 Å². The van der Waals surface area contributed by atoms with E-state index in [1.54, 1.807) is 24.8 Å². The molecule has 0 spiro atoms. The van der Waals surface area contributed by atoms with Gasteiger partial charge in [-0.3, -0.25) is 9.97 Å². The first-order chi connectivity index (χ1) is 28.2. The first kappa shape index (κ1) is 36.1. The largest absolute Gasteiger partial charge is 0.354 e. The minimum Gasteiger partial charge on any atom is -0.354 e. The summed E-state index contributed by atoms with van der Waals surface area (Å²) in [4.78, 5) is 26.8. The van der Waals surface area contributed by atoms with Gasteiger partial charge in [0, 0.05) is 58.1 Å². The van der Waals surface area contributed by atoms with Crippen LogP contribution in [-0.2, 0) is 0 Å². The van der Waals surface area contributed by atoms with Crippen LogP contribution in [0.1, 0.15) is 78.4 Å². The number of hydrogen-bond donors (Lipinski definition) is 2. The van der Waals surface area contributed by atoms with Gasteiger partial charge in [0.1, 0.15) is 0 Å². The molecule has 2 aliphatic rings. The number of benzene rings is 2. The van der Waals surface area contributed by atoms with Gasteiger partial charge in [0.25, 0.3) is 0 Å². The number of H-pyrrole nitrogens is 2. The van der Waals surface area contributed by atoms with Gasteiger partial charge in [-0.1, -0.05) is 59.1 Å². The Bertz CT molecular complexity index is 2910. The number of nitrogens with one attached hydrogen (secondary N) is 2. The highest BCUT2D eigenvalue weighted by atomic mass is 14.8. The normalized spacial score (nSPS) is 11.6. The van der Waals surface area contributed by atoms with Crippen LogP contribution >= 0.6 is 0 Å². The average molecular weight is 749 g/mol. The predicted octanol–water partition coefficient (Wildman–Crippen LogP) is 11.4. The number of aromatic nitrogens is 6. The fraction of sp³-hybridized carbons (Fsp3) is 0.115. The van der Waals surface area contributed by atoms with Crippen molar-refractivity contribution in [2.75, 3.05) is 0 Å². The highest BCUT2D eigenvalue weighted by molar-refractivity contribution is 5.97. The van der Waals surface area contributed by atoms with E-state index in [0.29, 0.717) is 0 Å². The summed E-state index contributed by atoms with van der Waals surface area (Å²) in [6, 6.07) is 25.1. The third kappa shape index (κ3) is 6.83. The van der Waals surface area contributed by atoms with Gasteiger partial charge in [0.2, 0.25) is 0 Å². The minimum atomic E-state index is 0.775. The molecule has 7 heterocycles. The predicted molar refractivity (Wildman–Crippen MR) is 239 cm³/mol. The zero-order valence-electron chi connectivity index (χ0n) is 33.3. The summed E-state index contributed by atoms with van der Waals surface area (Å²) in [5.74, 6) is 13.8. The fourth-order valence-electron chi connectivity index (χ4n) is 8.28. The van der Waals surface area contributed by atoms with Crippen LogP contribution in [0.3, 0.4) is 0 Å². The Labute approximate surface area is 338 Å². The highest BCUT2D eigenvalue weighted by Gasteiger charge is 2.20. The van der Waals surface area contributed by atoms with Gasteiger partial charge in [-0.25, -0.2) is 9.97 Å². The molecule has 6 heteroatoms. The average Bonchev–Trinajstić information content (AvgIpc) is 4.05. The van der Waals surface area contributed by atoms with Crippen molar-refractivity contribution in [2.45, 2.75) is 41.5 Å². The lowest BCUT2D eigenvalue weighted by Crippen LogP contribution is -1.95. The molecule has 0 unspecified atom stereocenters. The lowest BCUT2D eigenvalue weighted by molar-refractivity contribution is 1.27. The van der Waals surface area contributed by atoms with Crippen LogP contribution in [0.5, 0.6) is 0 Å². The summed E-state index contributed by atoms with van der Waals surface area (Å²) in [5, 5.41) is 0. The molecule has 0 saturated heterocycles. The molecule has 2 aliphatic heterocycles. The Morgan fingerprint density at radius 1 is 0.379 bits per heavy atom. The van der Waals surface area contributed by atoms with Gasteiger partial charge < -0.3 is 9.97 Å². The number of fused-ring (bicyclic) bond motifs is 8. The zero-order chi connectivity index (χ0) is 39.9. The lowest BCUT2D eigenvalue weighted by atomic mass is 9.92. The summed E-state index contributed by atoms with van der Waals surface area (Å²) in [6.07, 6.45) is 15.4. The minimum absolute atomic E-state index is 0.775. The smallest absolute Gasteiger partial charge is 0.0815 e. The van der Waals surface area contributed by atoms with Crippen LogP contribution in [0.15, 0.2) is 97.6 Å². The van der Waals surface area contributed by atoms with Crippen LogP contribution in [-0.4, -0.2) is 29.9 Å². The second-order valence-electron chi connectivity index (χ2n) is 15.0. The first-order valence-corrected chi connectivity index (χ1v) is 19.4. The van der Waals surface area contributed by atoms with E-state index in [0.717, 1.165) is 89.4 Å². The standard InChI is InChI=1S/C52H40N6/c1-31-27-33(3)49(34(4)28-31)51-45-15-11-41(55-45)39(9-7-37-19-23-53-24-20-37)43-13-17-47(57-43)52(50-35(5)29-32(2)30-36(50)6)48-18-14-44(58-48)40(42-12-16-46(51)56-42)10-8-38-21-25-54-26-22-38/h11-30,55,58H,1-6H3. The number of pyridine rings is 2. The Balaban J connectivity index is 1.46. The lowest BCUT2D eigenvalue weighted by Gasteiger charge is -2.13. The van der Waals surface area contributed by atoms with Crippen LogP contribution < -0.4 is 0 Å². The van der Waals surface area contributed by atoms with Gasteiger partial charge in [-0.05, 0) is 148 Å². The summed E-state index contributed by atoms with van der Waals surface area (Å²) < 4.78 is 0. The van der Waals surface area contributed by atoms with E-state index in [4.69, 9.17) is 9.97 Å². The van der Waals surface area contributed by atoms with E-state index in [9.17, 15) is 0 Å². The summed E-state index contributed by atoms with van der Waals surface area (Å²) in [7, 11) is 0. The molecular weight excluding hydrogens is 709 g/mol. The molecule has 0 aliphatic carbocycles. The number of hydrogen-bond acceptors (Lipinski definition) is 4. The van der Waals surface area contributed by atoms with Gasteiger partial charge in [-0.15, -0.1) is 0 Å². The van der Waals surface area contributed by atoms with Gasteiger partial charge in [0.15, 0.2) is 0 Å². The van der Waals surface area contributed by atoms with Crippen LogP contribution in [0.2, 0.25) is 0 Å². The molecule has 0 fully saturated rings. The Hall–Kier alpha value is -7.54. The third-order valence-electron chi connectivity index (χ3n) is 10.6. The van der Waals surface area contributed by atoms with Crippen molar-refractivity contribution in [2.24, 2.45) is 0 Å². The Morgan fingerprint density at radius 3 is 1.10 bits per heavy atom. The summed E-state index contributed by atoms with van der Waals surface area (Å²) in [5.41, 5.74) is 21.6. The third-order valence-corrected chi connectivity index (χ3v) is 10.6. The van der Waals surface area contributed by atoms with Gasteiger partial charge in [-0.2, -0.15) is 0 Å². The Morgan fingerprint density at radius 2 is 0.724 bits per heavy atom. The molecule has 0 radical (unpaired) electrons. The Kier molecular flexibility index (Phi) is 9.24. The maximum absolute atomic E-state index is 5.40. The first-order valence-electron chi connectivity index (χ1n) is 19.4. The van der Waals surface area contributed by atoms with Crippen LogP contribution in [0, 0.1) is 65.2 Å². The highest BCUT2D eigenvalue weighted by Crippen LogP contribution is 2.38.